The minimum absolute atomic E-state index is 0.0672. The zero-order valence-corrected chi connectivity index (χ0v) is 11.4. The highest BCUT2D eigenvalue weighted by Crippen LogP contribution is 2.26. The van der Waals surface area contributed by atoms with Gasteiger partial charge in [-0.25, -0.2) is 0 Å². The lowest BCUT2D eigenvalue weighted by Gasteiger charge is -2.22. The van der Waals surface area contributed by atoms with Gasteiger partial charge in [-0.05, 0) is 32.6 Å². The fourth-order valence-corrected chi connectivity index (χ4v) is 1.52. The van der Waals surface area contributed by atoms with E-state index in [4.69, 9.17) is 10.5 Å². The molecule has 0 aliphatic carbocycles. The summed E-state index contributed by atoms with van der Waals surface area (Å²) in [6.07, 6.45) is 0. The fraction of sp³-hybridized carbons (Fsp3) is 0.462. The number of anilines is 2. The second-order valence-corrected chi connectivity index (χ2v) is 4.20. The summed E-state index contributed by atoms with van der Waals surface area (Å²) in [5, 5.41) is 2.84. The maximum Gasteiger partial charge on any atom is 0.241 e. The Bertz CT molecular complexity index is 421. The zero-order chi connectivity index (χ0) is 13.7. The molecule has 3 N–H and O–H groups in total. The van der Waals surface area contributed by atoms with E-state index in [-0.39, 0.29) is 11.9 Å². The average Bonchev–Trinajstić information content (AvgIpc) is 2.38. The van der Waals surface area contributed by atoms with Crippen LogP contribution in [0.5, 0.6) is 5.75 Å². The number of carbonyl (C=O) groups excluding carboxylic acids is 1. The highest BCUT2D eigenvalue weighted by molar-refractivity contribution is 5.96. The Labute approximate surface area is 108 Å². The Morgan fingerprint density at radius 3 is 2.78 bits per heavy atom. The van der Waals surface area contributed by atoms with Crippen molar-refractivity contribution in [1.29, 1.82) is 0 Å². The monoisotopic (exact) mass is 251 g/mol. The molecule has 1 aromatic rings. The molecule has 0 radical (unpaired) electrons. The molecule has 0 aromatic heterocycles. The highest BCUT2D eigenvalue weighted by Gasteiger charge is 2.18. The van der Waals surface area contributed by atoms with Crippen molar-refractivity contribution in [2.75, 3.05) is 31.8 Å². The van der Waals surface area contributed by atoms with Crippen molar-refractivity contribution in [3.05, 3.63) is 18.2 Å². The molecule has 5 heteroatoms. The molecule has 18 heavy (non-hydrogen) atoms. The predicted octanol–water partition coefficient (Wildman–Crippen LogP) is 1.56. The van der Waals surface area contributed by atoms with Crippen LogP contribution in [-0.4, -0.2) is 37.6 Å². The third-order valence-electron chi connectivity index (χ3n) is 3.02. The van der Waals surface area contributed by atoms with Crippen LogP contribution in [0.4, 0.5) is 11.4 Å². The molecule has 1 aromatic carbocycles. The molecule has 5 nitrogen and oxygen atoms in total. The van der Waals surface area contributed by atoms with E-state index in [2.05, 4.69) is 5.32 Å². The van der Waals surface area contributed by atoms with E-state index in [1.165, 1.54) is 0 Å². The maximum absolute atomic E-state index is 12.0. The minimum atomic E-state index is -0.197. The molecule has 1 rings (SSSR count). The quantitative estimate of drug-likeness (QED) is 0.779. The Hall–Kier alpha value is -1.75. The Balaban J connectivity index is 2.81. The smallest absolute Gasteiger partial charge is 0.241 e. The number of hydrogen-bond acceptors (Lipinski definition) is 4. The summed E-state index contributed by atoms with van der Waals surface area (Å²) < 4.78 is 5.19. The number of benzene rings is 1. The van der Waals surface area contributed by atoms with Crippen molar-refractivity contribution in [1.82, 2.24) is 4.90 Å². The SMILES string of the molecule is CCN(C)C(C)C(=O)Nc1ccc(N)cc1OC. The molecule has 0 aliphatic rings. The maximum atomic E-state index is 12.0. The summed E-state index contributed by atoms with van der Waals surface area (Å²) in [6.45, 7) is 4.68. The Morgan fingerprint density at radius 1 is 1.56 bits per heavy atom. The van der Waals surface area contributed by atoms with Crippen molar-refractivity contribution in [2.45, 2.75) is 19.9 Å². The summed E-state index contributed by atoms with van der Waals surface area (Å²) in [5.74, 6) is 0.497. The number of nitrogens with one attached hydrogen (secondary N) is 1. The van der Waals surface area contributed by atoms with Gasteiger partial charge in [0.05, 0.1) is 18.8 Å². The standard InChI is InChI=1S/C13H21N3O2/c1-5-16(3)9(2)13(17)15-11-7-6-10(14)8-12(11)18-4/h6-9H,5,14H2,1-4H3,(H,15,17). The number of hydrogen-bond donors (Lipinski definition) is 2. The first-order valence-electron chi connectivity index (χ1n) is 5.94. The average molecular weight is 251 g/mol. The van der Waals surface area contributed by atoms with Gasteiger partial charge in [-0.1, -0.05) is 6.92 Å². The molecule has 1 amide bonds. The van der Waals surface area contributed by atoms with Gasteiger partial charge in [0.15, 0.2) is 0 Å². The number of ether oxygens (including phenoxy) is 1. The second kappa shape index (κ2) is 6.26. The van der Waals surface area contributed by atoms with E-state index >= 15 is 0 Å². The van der Waals surface area contributed by atoms with Crippen LogP contribution in [-0.2, 0) is 4.79 Å². The molecular weight excluding hydrogens is 230 g/mol. The molecular formula is C13H21N3O2. The zero-order valence-electron chi connectivity index (χ0n) is 11.4. The van der Waals surface area contributed by atoms with Gasteiger partial charge in [-0.15, -0.1) is 0 Å². The number of carbonyl (C=O) groups is 1. The summed E-state index contributed by atoms with van der Waals surface area (Å²) in [6, 6.07) is 4.96. The van der Waals surface area contributed by atoms with Crippen molar-refractivity contribution >= 4 is 17.3 Å². The predicted molar refractivity (Wildman–Crippen MR) is 73.8 cm³/mol. The van der Waals surface area contributed by atoms with Crippen LogP contribution in [0.3, 0.4) is 0 Å². The van der Waals surface area contributed by atoms with Crippen LogP contribution in [0.15, 0.2) is 18.2 Å². The van der Waals surface area contributed by atoms with E-state index in [9.17, 15) is 4.79 Å². The van der Waals surface area contributed by atoms with Gasteiger partial charge in [-0.2, -0.15) is 0 Å². The van der Waals surface area contributed by atoms with Crippen LogP contribution in [0, 0.1) is 0 Å². The van der Waals surface area contributed by atoms with Gasteiger partial charge in [0.25, 0.3) is 0 Å². The normalized spacial score (nSPS) is 12.3. The van der Waals surface area contributed by atoms with E-state index in [0.717, 1.165) is 6.54 Å². The van der Waals surface area contributed by atoms with Gasteiger partial charge >= 0.3 is 0 Å². The molecule has 0 aliphatic heterocycles. The van der Waals surface area contributed by atoms with Crippen molar-refractivity contribution in [2.24, 2.45) is 0 Å². The largest absolute Gasteiger partial charge is 0.494 e. The molecule has 0 fully saturated rings. The van der Waals surface area contributed by atoms with E-state index in [1.54, 1.807) is 25.3 Å². The number of amides is 1. The number of methoxy groups -OCH3 is 1. The van der Waals surface area contributed by atoms with Crippen molar-refractivity contribution in [3.63, 3.8) is 0 Å². The molecule has 0 heterocycles. The summed E-state index contributed by atoms with van der Waals surface area (Å²) >= 11 is 0. The number of rotatable bonds is 5. The van der Waals surface area contributed by atoms with Gasteiger partial charge in [-0.3, -0.25) is 9.69 Å². The fourth-order valence-electron chi connectivity index (χ4n) is 1.52. The number of nitrogens with two attached hydrogens (primary N) is 1. The lowest BCUT2D eigenvalue weighted by Crippen LogP contribution is -2.39. The first kappa shape index (κ1) is 14.3. The first-order valence-corrected chi connectivity index (χ1v) is 5.94. The van der Waals surface area contributed by atoms with Gasteiger partial charge < -0.3 is 15.8 Å². The topological polar surface area (TPSA) is 67.6 Å². The van der Waals surface area contributed by atoms with Crippen LogP contribution in [0.1, 0.15) is 13.8 Å². The molecule has 0 saturated heterocycles. The molecule has 0 bridgehead atoms. The van der Waals surface area contributed by atoms with Gasteiger partial charge in [0.2, 0.25) is 5.91 Å². The number of likely N-dealkylation sites (N-methyl/N-ethyl adjacent to an activating group) is 1. The summed E-state index contributed by atoms with van der Waals surface area (Å²) in [4.78, 5) is 14.0. The van der Waals surface area contributed by atoms with Gasteiger partial charge in [0.1, 0.15) is 5.75 Å². The minimum Gasteiger partial charge on any atom is -0.494 e. The molecule has 1 unspecified atom stereocenters. The van der Waals surface area contributed by atoms with Crippen molar-refractivity contribution < 1.29 is 9.53 Å². The van der Waals surface area contributed by atoms with E-state index in [0.29, 0.717) is 17.1 Å². The summed E-state index contributed by atoms with van der Waals surface area (Å²) in [7, 11) is 3.45. The second-order valence-electron chi connectivity index (χ2n) is 4.20. The Morgan fingerprint density at radius 2 is 2.22 bits per heavy atom. The Kier molecular flexibility index (Phi) is 4.97. The van der Waals surface area contributed by atoms with Crippen LogP contribution in [0.2, 0.25) is 0 Å². The molecule has 1 atom stereocenters. The molecule has 0 saturated carbocycles. The summed E-state index contributed by atoms with van der Waals surface area (Å²) in [5.41, 5.74) is 6.90. The highest BCUT2D eigenvalue weighted by atomic mass is 16.5. The number of nitrogen functional groups attached to an aromatic ring is 1. The third kappa shape index (κ3) is 3.37. The van der Waals surface area contributed by atoms with Crippen LogP contribution >= 0.6 is 0 Å². The third-order valence-corrected chi connectivity index (χ3v) is 3.02. The lowest BCUT2D eigenvalue weighted by atomic mass is 10.2. The lowest BCUT2D eigenvalue weighted by molar-refractivity contribution is -0.120. The van der Waals surface area contributed by atoms with Crippen LogP contribution in [0.25, 0.3) is 0 Å². The number of nitrogens with zero attached hydrogens (tertiary/aromatic N) is 1. The first-order chi connectivity index (χ1) is 8.49. The van der Waals surface area contributed by atoms with Crippen molar-refractivity contribution in [3.8, 4) is 5.75 Å². The molecule has 0 spiro atoms. The molecule has 100 valence electrons. The van der Waals surface area contributed by atoms with Crippen LogP contribution < -0.4 is 15.8 Å². The van der Waals surface area contributed by atoms with E-state index < -0.39 is 0 Å². The van der Waals surface area contributed by atoms with Gasteiger partial charge in [0, 0.05) is 11.8 Å². The van der Waals surface area contributed by atoms with E-state index in [1.807, 2.05) is 25.8 Å².